The van der Waals surface area contributed by atoms with Gasteiger partial charge in [-0.25, -0.2) is 0 Å². The smallest absolute Gasteiger partial charge is 0.0562 e. The van der Waals surface area contributed by atoms with Gasteiger partial charge < -0.3 is 18.7 Å². The number of allylic oxidation sites excluding steroid dienone is 4. The van der Waals surface area contributed by atoms with Crippen molar-refractivity contribution < 1.29 is 0 Å². The first kappa shape index (κ1) is 31.6. The van der Waals surface area contributed by atoms with Crippen LogP contribution in [-0.2, 0) is 0 Å². The van der Waals surface area contributed by atoms with Crippen molar-refractivity contribution in [3.63, 3.8) is 0 Å². The van der Waals surface area contributed by atoms with Crippen LogP contribution in [0.15, 0.2) is 188 Å². The number of H-pyrrole nitrogens is 1. The van der Waals surface area contributed by atoms with Crippen molar-refractivity contribution in [2.24, 2.45) is 0 Å². The number of rotatable bonds is 4. The van der Waals surface area contributed by atoms with E-state index in [1.165, 1.54) is 93.0 Å². The van der Waals surface area contributed by atoms with E-state index in [4.69, 9.17) is 0 Å². The van der Waals surface area contributed by atoms with E-state index in [9.17, 15) is 0 Å². The molecule has 0 bridgehead atoms. The predicted octanol–water partition coefficient (Wildman–Crippen LogP) is 14.5. The summed E-state index contributed by atoms with van der Waals surface area (Å²) in [6.07, 6.45) is 9.10. The van der Waals surface area contributed by atoms with Gasteiger partial charge in [0.15, 0.2) is 0 Å². The molecule has 0 spiro atoms. The summed E-state index contributed by atoms with van der Waals surface area (Å²) in [5.74, 6) is 0. The predicted molar refractivity (Wildman–Crippen MR) is 246 cm³/mol. The zero-order chi connectivity index (χ0) is 37.9. The number of nitrogens with one attached hydrogen (secondary N) is 1. The van der Waals surface area contributed by atoms with E-state index in [1.807, 2.05) is 0 Å². The number of nitrogens with zero attached hydrogens (tertiary/aromatic N) is 3. The summed E-state index contributed by atoms with van der Waals surface area (Å²) in [5.41, 5.74) is 15.6. The molecule has 0 aliphatic heterocycles. The van der Waals surface area contributed by atoms with E-state index >= 15 is 0 Å². The quantitative estimate of drug-likeness (QED) is 0.186. The standard InChI is InChI=1S/C54H36N4/c1-4-14-36(15-5-1)56-49-22-12-10-20-39(49)44-30-42-41-28-34(24-26-47(41)55-48(42)32-52(44)56)35-25-27-51-43(29-35)46-31-45-40-21-11-13-23-50(40)57(37-16-6-2-7-17-37)53(45)33-54(46)58(51)38-18-8-3-9-19-38/h2-4,6-33,55H,1,5H2. The lowest BCUT2D eigenvalue weighted by Gasteiger charge is -2.12. The van der Waals surface area contributed by atoms with Crippen molar-refractivity contribution in [3.8, 4) is 22.5 Å². The maximum Gasteiger partial charge on any atom is 0.0562 e. The fourth-order valence-electron chi connectivity index (χ4n) is 9.96. The average molecular weight is 741 g/mol. The largest absolute Gasteiger partial charge is 0.354 e. The van der Waals surface area contributed by atoms with Gasteiger partial charge in [0.1, 0.15) is 0 Å². The summed E-state index contributed by atoms with van der Waals surface area (Å²) in [5, 5.41) is 10.1. The van der Waals surface area contributed by atoms with Gasteiger partial charge in [-0.1, -0.05) is 97.1 Å². The SMILES string of the molecule is C1=CC(n2c3ccccc3c3cc4c(cc32)[nH]c2ccc(-c3ccc5c(c3)c3cc6c7ccccc7n(-c7ccccc7)c6cc3n5-c3ccccc3)cc24)=CCC1. The number of hydrogen-bond acceptors (Lipinski definition) is 0. The Morgan fingerprint density at radius 2 is 0.862 bits per heavy atom. The maximum atomic E-state index is 3.79. The number of aromatic amines is 1. The van der Waals surface area contributed by atoms with Crippen molar-refractivity contribution in [1.29, 1.82) is 0 Å². The minimum absolute atomic E-state index is 1.07. The number of fused-ring (bicyclic) bond motifs is 12. The van der Waals surface area contributed by atoms with Crippen molar-refractivity contribution in [3.05, 3.63) is 188 Å². The van der Waals surface area contributed by atoms with Crippen molar-refractivity contribution in [2.75, 3.05) is 0 Å². The van der Waals surface area contributed by atoms with Gasteiger partial charge in [0.2, 0.25) is 0 Å². The zero-order valence-electron chi connectivity index (χ0n) is 31.7. The van der Waals surface area contributed by atoms with E-state index in [0.717, 1.165) is 35.2 Å². The summed E-state index contributed by atoms with van der Waals surface area (Å²) in [7, 11) is 0. The highest BCUT2D eigenvalue weighted by Crippen LogP contribution is 2.42. The molecule has 0 atom stereocenters. The van der Waals surface area contributed by atoms with Crippen LogP contribution < -0.4 is 0 Å². The van der Waals surface area contributed by atoms with E-state index in [-0.39, 0.29) is 0 Å². The minimum atomic E-state index is 1.07. The third kappa shape index (κ3) is 4.45. The highest BCUT2D eigenvalue weighted by atomic mass is 15.0. The van der Waals surface area contributed by atoms with E-state index in [1.54, 1.807) is 0 Å². The van der Waals surface area contributed by atoms with Crippen molar-refractivity contribution in [2.45, 2.75) is 12.8 Å². The first-order valence-corrected chi connectivity index (χ1v) is 20.3. The van der Waals surface area contributed by atoms with Crippen LogP contribution >= 0.6 is 0 Å². The Morgan fingerprint density at radius 3 is 1.53 bits per heavy atom. The highest BCUT2D eigenvalue weighted by Gasteiger charge is 2.20. The number of aromatic nitrogens is 4. The molecule has 4 heterocycles. The van der Waals surface area contributed by atoms with Crippen LogP contribution in [0.4, 0.5) is 0 Å². The lowest BCUT2D eigenvalue weighted by atomic mass is 10.00. The Kier molecular flexibility index (Phi) is 6.53. The van der Waals surface area contributed by atoms with Gasteiger partial charge in [-0.2, -0.15) is 0 Å². The zero-order valence-corrected chi connectivity index (χ0v) is 31.7. The molecular formula is C54H36N4. The van der Waals surface area contributed by atoms with Crippen LogP contribution in [0, 0.1) is 0 Å². The van der Waals surface area contributed by atoms with Crippen molar-refractivity contribution >= 4 is 92.9 Å². The molecule has 13 rings (SSSR count). The second-order valence-electron chi connectivity index (χ2n) is 15.7. The molecule has 0 unspecified atom stereocenters. The highest BCUT2D eigenvalue weighted by molar-refractivity contribution is 6.21. The lowest BCUT2D eigenvalue weighted by Crippen LogP contribution is -1.96. The summed E-state index contributed by atoms with van der Waals surface area (Å²) < 4.78 is 7.28. The molecule has 0 fully saturated rings. The average Bonchev–Trinajstić information content (AvgIpc) is 4.01. The van der Waals surface area contributed by atoms with E-state index in [0.29, 0.717) is 0 Å². The van der Waals surface area contributed by atoms with Gasteiger partial charge in [0, 0.05) is 71.2 Å². The molecule has 1 aliphatic carbocycles. The van der Waals surface area contributed by atoms with E-state index < -0.39 is 0 Å². The molecular weight excluding hydrogens is 705 g/mol. The Hall–Kier alpha value is -7.56. The molecule has 12 aromatic rings. The molecule has 58 heavy (non-hydrogen) atoms. The Bertz CT molecular complexity index is 3720. The molecule has 1 N–H and O–H groups in total. The fourth-order valence-corrected chi connectivity index (χ4v) is 9.96. The van der Waals surface area contributed by atoms with Crippen LogP contribution in [0.25, 0.3) is 115 Å². The maximum absolute atomic E-state index is 3.79. The second kappa shape index (κ2) is 12.0. The molecule has 0 saturated heterocycles. The van der Waals surface area contributed by atoms with Crippen molar-refractivity contribution in [1.82, 2.24) is 18.7 Å². The molecule has 4 nitrogen and oxygen atoms in total. The van der Waals surface area contributed by atoms with Gasteiger partial charge in [0.25, 0.3) is 0 Å². The van der Waals surface area contributed by atoms with Crippen LogP contribution in [0.2, 0.25) is 0 Å². The summed E-state index contributed by atoms with van der Waals surface area (Å²) in [6.45, 7) is 0. The normalized spacial score (nSPS) is 13.4. The number of para-hydroxylation sites is 4. The molecule has 0 radical (unpaired) electrons. The van der Waals surface area contributed by atoms with Crippen LogP contribution in [0.1, 0.15) is 12.8 Å². The summed E-state index contributed by atoms with van der Waals surface area (Å²) in [6, 6.07) is 62.7. The Balaban J connectivity index is 1.04. The monoisotopic (exact) mass is 740 g/mol. The first-order chi connectivity index (χ1) is 28.8. The third-order valence-electron chi connectivity index (χ3n) is 12.5. The number of hydrogen-bond donors (Lipinski definition) is 1. The number of benzene rings is 8. The summed E-state index contributed by atoms with van der Waals surface area (Å²) >= 11 is 0. The molecule has 4 aromatic heterocycles. The molecule has 272 valence electrons. The first-order valence-electron chi connectivity index (χ1n) is 20.3. The summed E-state index contributed by atoms with van der Waals surface area (Å²) in [4.78, 5) is 3.79. The van der Waals surface area contributed by atoms with Gasteiger partial charge in [-0.15, -0.1) is 0 Å². The third-order valence-corrected chi connectivity index (χ3v) is 12.5. The van der Waals surface area contributed by atoms with Gasteiger partial charge >= 0.3 is 0 Å². The minimum Gasteiger partial charge on any atom is -0.354 e. The van der Waals surface area contributed by atoms with Gasteiger partial charge in [0.05, 0.1) is 33.1 Å². The topological polar surface area (TPSA) is 30.6 Å². The van der Waals surface area contributed by atoms with Crippen LogP contribution in [-0.4, -0.2) is 18.7 Å². The van der Waals surface area contributed by atoms with Gasteiger partial charge in [-0.05, 0) is 115 Å². The lowest BCUT2D eigenvalue weighted by molar-refractivity contribution is 1.02. The van der Waals surface area contributed by atoms with Crippen LogP contribution in [0.5, 0.6) is 0 Å². The Morgan fingerprint density at radius 1 is 0.345 bits per heavy atom. The molecule has 0 saturated carbocycles. The fraction of sp³-hybridized carbons (Fsp3) is 0.0370. The molecule has 0 amide bonds. The molecule has 4 heteroatoms. The molecule has 8 aromatic carbocycles. The van der Waals surface area contributed by atoms with Crippen LogP contribution in [0.3, 0.4) is 0 Å². The van der Waals surface area contributed by atoms with Gasteiger partial charge in [-0.3, -0.25) is 0 Å². The Labute approximate surface area is 333 Å². The second-order valence-corrected chi connectivity index (χ2v) is 15.7. The van der Waals surface area contributed by atoms with E-state index in [2.05, 4.69) is 207 Å². The molecule has 1 aliphatic rings.